The van der Waals surface area contributed by atoms with E-state index in [1.54, 1.807) is 6.20 Å². The lowest BCUT2D eigenvalue weighted by molar-refractivity contribution is -0.120. The van der Waals surface area contributed by atoms with Crippen LogP contribution in [-0.2, 0) is 17.8 Å². The Labute approximate surface area is 112 Å². The van der Waals surface area contributed by atoms with Gasteiger partial charge in [-0.2, -0.15) is 0 Å². The van der Waals surface area contributed by atoms with E-state index in [0.717, 1.165) is 17.0 Å². The largest absolute Gasteiger partial charge is 0.447 e. The van der Waals surface area contributed by atoms with E-state index >= 15 is 0 Å². The van der Waals surface area contributed by atoms with Crippen molar-refractivity contribution in [2.24, 2.45) is 0 Å². The summed E-state index contributed by atoms with van der Waals surface area (Å²) >= 11 is 0. The van der Waals surface area contributed by atoms with Crippen LogP contribution < -0.4 is 10.6 Å². The predicted molar refractivity (Wildman–Crippen MR) is 72.7 cm³/mol. The second-order valence-electron chi connectivity index (χ2n) is 4.15. The van der Waals surface area contributed by atoms with Crippen LogP contribution in [0.2, 0.25) is 0 Å². The summed E-state index contributed by atoms with van der Waals surface area (Å²) in [5, 5.41) is 6.00. The lowest BCUT2D eigenvalue weighted by Gasteiger charge is -2.06. The summed E-state index contributed by atoms with van der Waals surface area (Å²) < 4.78 is 5.13. The Kier molecular flexibility index (Phi) is 4.55. The molecular weight excluding hydrogens is 242 g/mol. The Hall–Kier alpha value is -2.30. The van der Waals surface area contributed by atoms with Crippen molar-refractivity contribution < 1.29 is 9.21 Å². The van der Waals surface area contributed by atoms with Gasteiger partial charge in [-0.1, -0.05) is 12.1 Å². The molecule has 0 fully saturated rings. The molecule has 1 aromatic carbocycles. The van der Waals surface area contributed by atoms with Crippen molar-refractivity contribution in [3.8, 4) is 0 Å². The van der Waals surface area contributed by atoms with Crippen molar-refractivity contribution in [3.63, 3.8) is 0 Å². The Morgan fingerprint density at radius 2 is 2.11 bits per heavy atom. The topological polar surface area (TPSA) is 67.2 Å². The predicted octanol–water partition coefficient (Wildman–Crippen LogP) is 1.97. The molecule has 2 aromatic rings. The highest BCUT2D eigenvalue weighted by Gasteiger charge is 2.02. The number of hydrogen-bond acceptors (Lipinski definition) is 4. The minimum atomic E-state index is 0.0462. The molecule has 0 spiro atoms. The molecule has 0 atom stereocenters. The van der Waals surface area contributed by atoms with Crippen molar-refractivity contribution in [2.75, 3.05) is 11.9 Å². The van der Waals surface area contributed by atoms with E-state index in [4.69, 9.17) is 4.42 Å². The van der Waals surface area contributed by atoms with Gasteiger partial charge in [-0.25, -0.2) is 4.98 Å². The van der Waals surface area contributed by atoms with E-state index in [-0.39, 0.29) is 5.91 Å². The van der Waals surface area contributed by atoms with Gasteiger partial charge in [0.1, 0.15) is 5.76 Å². The quantitative estimate of drug-likeness (QED) is 0.832. The van der Waals surface area contributed by atoms with Gasteiger partial charge in [-0.15, -0.1) is 0 Å². The molecule has 5 nitrogen and oxygen atoms in total. The van der Waals surface area contributed by atoms with Gasteiger partial charge in [0.2, 0.25) is 5.91 Å². The Bertz CT molecular complexity index is 506. The highest BCUT2D eigenvalue weighted by molar-refractivity contribution is 5.78. The number of likely N-dealkylation sites (N-methyl/N-ethyl adjacent to an activating group) is 1. The number of oxazole rings is 1. The smallest absolute Gasteiger partial charge is 0.224 e. The molecule has 5 heteroatoms. The number of anilines is 1. The number of carbonyl (C=O) groups is 1. The molecular formula is C14H17N3O2. The zero-order chi connectivity index (χ0) is 13.5. The Morgan fingerprint density at radius 1 is 1.32 bits per heavy atom. The van der Waals surface area contributed by atoms with E-state index < -0.39 is 0 Å². The summed E-state index contributed by atoms with van der Waals surface area (Å²) in [6.45, 7) is 3.17. The first-order valence-corrected chi connectivity index (χ1v) is 6.25. The second-order valence-corrected chi connectivity index (χ2v) is 4.15. The minimum Gasteiger partial charge on any atom is -0.447 e. The van der Waals surface area contributed by atoms with Crippen LogP contribution in [0.15, 0.2) is 41.3 Å². The molecule has 2 N–H and O–H groups in total. The van der Waals surface area contributed by atoms with Crippen LogP contribution in [0, 0.1) is 0 Å². The minimum absolute atomic E-state index is 0.0462. The summed E-state index contributed by atoms with van der Waals surface area (Å²) in [4.78, 5) is 15.3. The number of rotatable bonds is 6. The number of benzene rings is 1. The highest BCUT2D eigenvalue weighted by Crippen LogP contribution is 2.11. The second kappa shape index (κ2) is 6.58. The van der Waals surface area contributed by atoms with Gasteiger partial charge < -0.3 is 15.1 Å². The third-order valence-electron chi connectivity index (χ3n) is 2.64. The highest BCUT2D eigenvalue weighted by atomic mass is 16.3. The molecule has 100 valence electrons. The van der Waals surface area contributed by atoms with Gasteiger partial charge in [-0.05, 0) is 24.6 Å². The number of nitrogens with one attached hydrogen (secondary N) is 2. The maximum absolute atomic E-state index is 11.4. The fourth-order valence-electron chi connectivity index (χ4n) is 1.70. The summed E-state index contributed by atoms with van der Waals surface area (Å²) in [5.74, 6) is 0.830. The first kappa shape index (κ1) is 13.1. The molecule has 0 saturated heterocycles. The van der Waals surface area contributed by atoms with Gasteiger partial charge in [-0.3, -0.25) is 4.79 Å². The lowest BCUT2D eigenvalue weighted by atomic mass is 10.1. The molecule has 1 aromatic heterocycles. The van der Waals surface area contributed by atoms with Crippen LogP contribution in [0.1, 0.15) is 18.2 Å². The van der Waals surface area contributed by atoms with Crippen molar-refractivity contribution in [3.05, 3.63) is 48.2 Å². The van der Waals surface area contributed by atoms with Gasteiger partial charge in [0.05, 0.1) is 19.2 Å². The summed E-state index contributed by atoms with van der Waals surface area (Å²) in [5.41, 5.74) is 1.98. The third-order valence-corrected chi connectivity index (χ3v) is 2.64. The van der Waals surface area contributed by atoms with Crippen molar-refractivity contribution in [1.82, 2.24) is 10.3 Å². The van der Waals surface area contributed by atoms with E-state index in [2.05, 4.69) is 15.6 Å². The SMILES string of the molecule is CCNC(=O)Cc1ccc(NCc2cnco2)cc1. The number of nitrogens with zero attached hydrogens (tertiary/aromatic N) is 1. The van der Waals surface area contributed by atoms with Crippen LogP contribution in [-0.4, -0.2) is 17.4 Å². The third kappa shape index (κ3) is 4.13. The zero-order valence-electron chi connectivity index (χ0n) is 10.8. The van der Waals surface area contributed by atoms with Gasteiger partial charge in [0.25, 0.3) is 0 Å². The molecule has 0 aliphatic rings. The summed E-state index contributed by atoms with van der Waals surface area (Å²) in [6, 6.07) is 7.78. The standard InChI is InChI=1S/C14H17N3O2/c1-2-16-14(18)7-11-3-5-12(6-4-11)17-9-13-8-15-10-19-13/h3-6,8,10,17H,2,7,9H2,1H3,(H,16,18). The molecule has 0 radical (unpaired) electrons. The molecule has 0 bridgehead atoms. The van der Waals surface area contributed by atoms with E-state index in [0.29, 0.717) is 19.5 Å². The summed E-state index contributed by atoms with van der Waals surface area (Å²) in [6.07, 6.45) is 3.50. The molecule has 0 aliphatic carbocycles. The number of aromatic nitrogens is 1. The van der Waals surface area contributed by atoms with Crippen molar-refractivity contribution in [1.29, 1.82) is 0 Å². The Balaban J connectivity index is 1.85. The van der Waals surface area contributed by atoms with E-state index in [1.807, 2.05) is 31.2 Å². The first-order chi connectivity index (χ1) is 9.28. The maximum Gasteiger partial charge on any atom is 0.224 e. The molecule has 0 saturated carbocycles. The van der Waals surface area contributed by atoms with Crippen LogP contribution >= 0.6 is 0 Å². The van der Waals surface area contributed by atoms with Crippen LogP contribution in [0.4, 0.5) is 5.69 Å². The molecule has 1 heterocycles. The molecule has 2 rings (SSSR count). The van der Waals surface area contributed by atoms with E-state index in [9.17, 15) is 4.79 Å². The fourth-order valence-corrected chi connectivity index (χ4v) is 1.70. The molecule has 1 amide bonds. The molecule has 0 aliphatic heterocycles. The normalized spacial score (nSPS) is 10.2. The van der Waals surface area contributed by atoms with E-state index in [1.165, 1.54) is 6.39 Å². The average Bonchev–Trinajstić information content (AvgIpc) is 2.91. The lowest BCUT2D eigenvalue weighted by Crippen LogP contribution is -2.24. The van der Waals surface area contributed by atoms with Crippen LogP contribution in [0.3, 0.4) is 0 Å². The molecule has 19 heavy (non-hydrogen) atoms. The average molecular weight is 259 g/mol. The van der Waals surface area contributed by atoms with Gasteiger partial charge in [0.15, 0.2) is 6.39 Å². The number of hydrogen-bond donors (Lipinski definition) is 2. The van der Waals surface area contributed by atoms with Gasteiger partial charge >= 0.3 is 0 Å². The van der Waals surface area contributed by atoms with Crippen LogP contribution in [0.25, 0.3) is 0 Å². The summed E-state index contributed by atoms with van der Waals surface area (Å²) in [7, 11) is 0. The van der Waals surface area contributed by atoms with Crippen LogP contribution in [0.5, 0.6) is 0 Å². The van der Waals surface area contributed by atoms with Crippen molar-refractivity contribution in [2.45, 2.75) is 19.9 Å². The monoisotopic (exact) mass is 259 g/mol. The number of carbonyl (C=O) groups excluding carboxylic acids is 1. The molecule has 0 unspecified atom stereocenters. The van der Waals surface area contributed by atoms with Gasteiger partial charge in [0, 0.05) is 12.2 Å². The zero-order valence-corrected chi connectivity index (χ0v) is 10.8. The maximum atomic E-state index is 11.4. The first-order valence-electron chi connectivity index (χ1n) is 6.25. The Morgan fingerprint density at radius 3 is 2.74 bits per heavy atom. The fraction of sp³-hybridized carbons (Fsp3) is 0.286. The van der Waals surface area contributed by atoms with Crippen molar-refractivity contribution >= 4 is 11.6 Å². The number of amides is 1.